The zero-order valence-corrected chi connectivity index (χ0v) is 13.1. The van der Waals surface area contributed by atoms with Gasteiger partial charge >= 0.3 is 5.92 Å². The number of hydrogen-bond donors (Lipinski definition) is 0. The van der Waals surface area contributed by atoms with Gasteiger partial charge in [0.05, 0.1) is 7.11 Å². The SMILES string of the molecule is COc1ccccc1[C@H]1N(Cc2ccc(Cl)cc2)C(=O)C1(F)F. The highest BCUT2D eigenvalue weighted by molar-refractivity contribution is 6.30. The second-order valence-electron chi connectivity index (χ2n) is 5.33. The van der Waals surface area contributed by atoms with Crippen LogP contribution in [-0.4, -0.2) is 23.8 Å². The molecule has 0 N–H and O–H groups in total. The molecule has 1 saturated heterocycles. The fraction of sp³-hybridized carbons (Fsp3) is 0.235. The first-order valence-electron chi connectivity index (χ1n) is 7.01. The van der Waals surface area contributed by atoms with E-state index < -0.39 is 17.9 Å². The Morgan fingerprint density at radius 1 is 1.17 bits per heavy atom. The molecule has 0 saturated carbocycles. The van der Waals surface area contributed by atoms with Crippen LogP contribution in [0.2, 0.25) is 5.02 Å². The lowest BCUT2D eigenvalue weighted by Crippen LogP contribution is -2.63. The average Bonchev–Trinajstić information content (AvgIpc) is 2.56. The zero-order chi connectivity index (χ0) is 16.6. The average molecular weight is 338 g/mol. The number of halogens is 3. The van der Waals surface area contributed by atoms with Crippen LogP contribution in [0.4, 0.5) is 8.78 Å². The number of nitrogens with zero attached hydrogens (tertiary/aromatic N) is 1. The zero-order valence-electron chi connectivity index (χ0n) is 12.3. The molecule has 1 aliphatic heterocycles. The first-order valence-corrected chi connectivity index (χ1v) is 7.39. The van der Waals surface area contributed by atoms with Gasteiger partial charge in [0.1, 0.15) is 11.8 Å². The maximum Gasteiger partial charge on any atom is 0.348 e. The lowest BCUT2D eigenvalue weighted by Gasteiger charge is -2.47. The van der Waals surface area contributed by atoms with Crippen molar-refractivity contribution in [1.29, 1.82) is 0 Å². The Balaban J connectivity index is 1.93. The van der Waals surface area contributed by atoms with E-state index >= 15 is 0 Å². The smallest absolute Gasteiger partial charge is 0.348 e. The van der Waals surface area contributed by atoms with Crippen molar-refractivity contribution in [2.75, 3.05) is 7.11 Å². The fourth-order valence-electron chi connectivity index (χ4n) is 2.76. The van der Waals surface area contributed by atoms with Gasteiger partial charge in [-0.2, -0.15) is 8.78 Å². The molecule has 1 amide bonds. The molecule has 1 heterocycles. The summed E-state index contributed by atoms with van der Waals surface area (Å²) in [7, 11) is 1.42. The monoisotopic (exact) mass is 337 g/mol. The number of alkyl halides is 2. The van der Waals surface area contributed by atoms with E-state index in [4.69, 9.17) is 16.3 Å². The van der Waals surface area contributed by atoms with Gasteiger partial charge in [-0.25, -0.2) is 0 Å². The molecule has 0 aliphatic carbocycles. The maximum atomic E-state index is 14.1. The van der Waals surface area contributed by atoms with Crippen molar-refractivity contribution in [3.8, 4) is 5.75 Å². The summed E-state index contributed by atoms with van der Waals surface area (Å²) in [4.78, 5) is 13.0. The fourth-order valence-corrected chi connectivity index (χ4v) is 2.89. The van der Waals surface area contributed by atoms with Crippen LogP contribution < -0.4 is 4.74 Å². The number of hydrogen-bond acceptors (Lipinski definition) is 2. The lowest BCUT2D eigenvalue weighted by atomic mass is 9.88. The van der Waals surface area contributed by atoms with Crippen molar-refractivity contribution >= 4 is 17.5 Å². The van der Waals surface area contributed by atoms with Gasteiger partial charge in [0.2, 0.25) is 0 Å². The van der Waals surface area contributed by atoms with Crippen molar-refractivity contribution in [3.05, 3.63) is 64.7 Å². The van der Waals surface area contributed by atoms with E-state index in [1.54, 1.807) is 48.5 Å². The number of rotatable bonds is 4. The molecular weight excluding hydrogens is 324 g/mol. The van der Waals surface area contributed by atoms with Gasteiger partial charge in [-0.3, -0.25) is 4.79 Å². The third-order valence-electron chi connectivity index (χ3n) is 3.90. The number of amides is 1. The van der Waals surface area contributed by atoms with Gasteiger partial charge < -0.3 is 9.64 Å². The van der Waals surface area contributed by atoms with Crippen LogP contribution in [0, 0.1) is 0 Å². The number of benzene rings is 2. The number of methoxy groups -OCH3 is 1. The lowest BCUT2D eigenvalue weighted by molar-refractivity contribution is -0.207. The van der Waals surface area contributed by atoms with Crippen LogP contribution in [-0.2, 0) is 11.3 Å². The van der Waals surface area contributed by atoms with Gasteiger partial charge in [-0.1, -0.05) is 41.9 Å². The molecule has 0 aromatic heterocycles. The minimum Gasteiger partial charge on any atom is -0.496 e. The molecule has 2 aromatic rings. The number of β-lactam (4-membered cyclic amide) rings is 1. The Kier molecular flexibility index (Phi) is 3.98. The highest BCUT2D eigenvalue weighted by atomic mass is 35.5. The van der Waals surface area contributed by atoms with Crippen molar-refractivity contribution in [2.24, 2.45) is 0 Å². The Morgan fingerprint density at radius 2 is 1.83 bits per heavy atom. The third kappa shape index (κ3) is 2.65. The van der Waals surface area contributed by atoms with E-state index in [1.807, 2.05) is 0 Å². The molecule has 6 heteroatoms. The Hall–Kier alpha value is -2.14. The van der Waals surface area contributed by atoms with Crippen LogP contribution in [0.1, 0.15) is 17.2 Å². The van der Waals surface area contributed by atoms with Crippen molar-refractivity contribution in [3.63, 3.8) is 0 Å². The number of likely N-dealkylation sites (tertiary alicyclic amines) is 1. The molecule has 120 valence electrons. The molecular formula is C17H14ClF2NO2. The Morgan fingerprint density at radius 3 is 2.48 bits per heavy atom. The largest absolute Gasteiger partial charge is 0.496 e. The predicted octanol–water partition coefficient (Wildman–Crippen LogP) is 4.07. The molecule has 0 bridgehead atoms. The number of para-hydroxylation sites is 1. The van der Waals surface area contributed by atoms with Crippen molar-refractivity contribution in [2.45, 2.75) is 18.5 Å². The van der Waals surface area contributed by atoms with E-state index in [1.165, 1.54) is 7.11 Å². The third-order valence-corrected chi connectivity index (χ3v) is 4.15. The highest BCUT2D eigenvalue weighted by Crippen LogP contribution is 2.50. The van der Waals surface area contributed by atoms with Gasteiger partial charge in [0, 0.05) is 17.1 Å². The summed E-state index contributed by atoms with van der Waals surface area (Å²) in [6.07, 6.45) is 0. The van der Waals surface area contributed by atoms with Crippen LogP contribution in [0.3, 0.4) is 0 Å². The summed E-state index contributed by atoms with van der Waals surface area (Å²) >= 11 is 5.82. The van der Waals surface area contributed by atoms with Crippen LogP contribution in [0.5, 0.6) is 5.75 Å². The first kappa shape index (κ1) is 15.7. The molecule has 3 rings (SSSR count). The summed E-state index contributed by atoms with van der Waals surface area (Å²) in [5, 5.41) is 0.551. The van der Waals surface area contributed by atoms with Gasteiger partial charge in [-0.05, 0) is 23.8 Å². The molecule has 0 spiro atoms. The predicted molar refractivity (Wildman–Crippen MR) is 82.7 cm³/mol. The summed E-state index contributed by atoms with van der Waals surface area (Å²) in [5.74, 6) is -4.27. The van der Waals surface area contributed by atoms with Crippen molar-refractivity contribution < 1.29 is 18.3 Å². The molecule has 1 atom stereocenters. The normalized spacial score (nSPS) is 19.4. The molecule has 3 nitrogen and oxygen atoms in total. The number of carbonyl (C=O) groups excluding carboxylic acids is 1. The minimum atomic E-state index is -3.43. The summed E-state index contributed by atoms with van der Waals surface area (Å²) in [5.41, 5.74) is 1.03. The van der Waals surface area contributed by atoms with Crippen LogP contribution in [0.25, 0.3) is 0 Å². The Bertz CT molecular complexity index is 734. The molecule has 2 aromatic carbocycles. The Labute approximate surface area is 137 Å². The summed E-state index contributed by atoms with van der Waals surface area (Å²) < 4.78 is 33.5. The summed E-state index contributed by atoms with van der Waals surface area (Å²) in [6.45, 7) is 0.0916. The maximum absolute atomic E-state index is 14.1. The molecule has 1 aliphatic rings. The molecule has 1 fully saturated rings. The number of ether oxygens (including phenoxy) is 1. The minimum absolute atomic E-state index is 0.0916. The second-order valence-corrected chi connectivity index (χ2v) is 5.76. The number of carbonyl (C=O) groups is 1. The second kappa shape index (κ2) is 5.81. The van der Waals surface area contributed by atoms with E-state index in [-0.39, 0.29) is 6.54 Å². The summed E-state index contributed by atoms with van der Waals surface area (Å²) in [6, 6.07) is 11.9. The van der Waals surface area contributed by atoms with E-state index in [0.717, 1.165) is 10.5 Å². The molecule has 0 radical (unpaired) electrons. The topological polar surface area (TPSA) is 29.5 Å². The van der Waals surface area contributed by atoms with Crippen LogP contribution >= 0.6 is 11.6 Å². The van der Waals surface area contributed by atoms with E-state index in [0.29, 0.717) is 16.3 Å². The van der Waals surface area contributed by atoms with Crippen molar-refractivity contribution in [1.82, 2.24) is 4.90 Å². The van der Waals surface area contributed by atoms with Crippen LogP contribution in [0.15, 0.2) is 48.5 Å². The quantitative estimate of drug-likeness (QED) is 0.787. The standard InChI is InChI=1S/C17H14ClF2NO2/c1-23-14-5-3-2-4-13(14)15-17(19,20)16(22)21(15)10-11-6-8-12(18)9-7-11/h2-9,15H,10H2,1H3/t15-/m1/s1. The van der Waals surface area contributed by atoms with E-state index in [2.05, 4.69) is 0 Å². The van der Waals surface area contributed by atoms with Gasteiger partial charge in [-0.15, -0.1) is 0 Å². The molecule has 0 unspecified atom stereocenters. The van der Waals surface area contributed by atoms with Gasteiger partial charge in [0.15, 0.2) is 0 Å². The van der Waals surface area contributed by atoms with Gasteiger partial charge in [0.25, 0.3) is 5.91 Å². The van der Waals surface area contributed by atoms with E-state index in [9.17, 15) is 13.6 Å². The first-order chi connectivity index (χ1) is 10.9. The highest BCUT2D eigenvalue weighted by Gasteiger charge is 2.64. The molecule has 23 heavy (non-hydrogen) atoms.